The number of hydrogen-bond acceptors (Lipinski definition) is 7. The number of H-pyrrole nitrogens is 1. The van der Waals surface area contributed by atoms with Crippen molar-refractivity contribution >= 4 is 28.8 Å². The van der Waals surface area contributed by atoms with Crippen molar-refractivity contribution in [1.82, 2.24) is 4.98 Å². The van der Waals surface area contributed by atoms with Crippen LogP contribution in [0.25, 0.3) is 0 Å². The Bertz CT molecular complexity index is 877. The van der Waals surface area contributed by atoms with Gasteiger partial charge in [-0.15, -0.1) is 0 Å². The summed E-state index contributed by atoms with van der Waals surface area (Å²) in [7, 11) is 0. The normalized spacial score (nSPS) is 14.0. The Morgan fingerprint density at radius 1 is 1.04 bits per heavy atom. The first-order chi connectivity index (χ1) is 13.4. The van der Waals surface area contributed by atoms with Crippen molar-refractivity contribution in [1.29, 1.82) is 0 Å². The van der Waals surface area contributed by atoms with Crippen molar-refractivity contribution in [3.63, 3.8) is 0 Å². The van der Waals surface area contributed by atoms with Gasteiger partial charge in [-0.1, -0.05) is 37.3 Å². The summed E-state index contributed by atoms with van der Waals surface area (Å²) < 4.78 is 30.6. The van der Waals surface area contributed by atoms with Gasteiger partial charge in [-0.2, -0.15) is 0 Å². The molecule has 0 spiro atoms. The number of hydrogen-bond donors (Lipinski definition) is 1. The third kappa shape index (κ3) is 4.37. The molecular weight excluding hydrogens is 386 g/mol. The van der Waals surface area contributed by atoms with Gasteiger partial charge in [0, 0.05) is 5.56 Å². The molecular formula is C19H20NO7S-. The topological polar surface area (TPSA) is 126 Å². The molecule has 0 saturated heterocycles. The first kappa shape index (κ1) is 21.5. The number of ketones is 1. The summed E-state index contributed by atoms with van der Waals surface area (Å²) in [5.41, 5.74) is 1.15. The zero-order chi connectivity index (χ0) is 20.7. The van der Waals surface area contributed by atoms with Crippen molar-refractivity contribution in [2.75, 3.05) is 6.61 Å². The smallest absolute Gasteiger partial charge is 0.335 e. The highest BCUT2D eigenvalue weighted by Gasteiger charge is 2.49. The summed E-state index contributed by atoms with van der Waals surface area (Å²) >= 11 is -3.07. The molecule has 0 aliphatic rings. The van der Waals surface area contributed by atoms with Crippen LogP contribution < -0.4 is 0 Å². The molecule has 8 nitrogen and oxygen atoms in total. The van der Waals surface area contributed by atoms with Crippen molar-refractivity contribution < 1.29 is 32.6 Å². The average molecular weight is 406 g/mol. The molecule has 0 aliphatic carbocycles. The molecule has 1 aromatic heterocycles. The zero-order valence-electron chi connectivity index (χ0n) is 15.4. The minimum atomic E-state index is -3.07. The number of nitrogens with one attached hydrogen (secondary N) is 1. The van der Waals surface area contributed by atoms with E-state index >= 15 is 0 Å². The Morgan fingerprint density at radius 2 is 1.68 bits per heavy atom. The molecule has 0 radical (unpaired) electrons. The van der Waals surface area contributed by atoms with E-state index in [2.05, 4.69) is 4.98 Å². The molecule has 0 bridgehead atoms. The van der Waals surface area contributed by atoms with Crippen LogP contribution in [0.15, 0.2) is 42.5 Å². The second-order valence-corrected chi connectivity index (χ2v) is 6.97. The van der Waals surface area contributed by atoms with E-state index in [-0.39, 0.29) is 31.1 Å². The van der Waals surface area contributed by atoms with E-state index in [9.17, 15) is 23.1 Å². The van der Waals surface area contributed by atoms with Crippen molar-refractivity contribution in [2.24, 2.45) is 0 Å². The number of aromatic amines is 1. The second-order valence-electron chi connectivity index (χ2n) is 5.80. The van der Waals surface area contributed by atoms with E-state index < -0.39 is 27.8 Å². The molecule has 2 unspecified atom stereocenters. The molecule has 9 heteroatoms. The minimum Gasteiger partial charge on any atom is -0.771 e. The van der Waals surface area contributed by atoms with E-state index in [0.29, 0.717) is 11.3 Å². The van der Waals surface area contributed by atoms with Gasteiger partial charge in [0.25, 0.3) is 0 Å². The first-order valence-corrected chi connectivity index (χ1v) is 9.65. The molecule has 0 saturated carbocycles. The molecule has 0 fully saturated rings. The molecule has 1 aromatic carbocycles. The second kappa shape index (κ2) is 9.43. The van der Waals surface area contributed by atoms with E-state index in [1.807, 2.05) is 0 Å². The predicted octanol–water partition coefficient (Wildman–Crippen LogP) is 1.88. The Morgan fingerprint density at radius 3 is 2.25 bits per heavy atom. The summed E-state index contributed by atoms with van der Waals surface area (Å²) in [4.78, 5) is 39.7. The van der Waals surface area contributed by atoms with Crippen LogP contribution in [0.4, 0.5) is 0 Å². The number of aromatic nitrogens is 1. The van der Waals surface area contributed by atoms with Gasteiger partial charge >= 0.3 is 11.9 Å². The Balaban J connectivity index is 2.11. The number of benzene rings is 1. The molecule has 0 aliphatic heterocycles. The maximum atomic E-state index is 12.4. The van der Waals surface area contributed by atoms with E-state index in [1.54, 1.807) is 30.3 Å². The predicted molar refractivity (Wildman–Crippen MR) is 99.0 cm³/mol. The Labute approximate surface area is 164 Å². The largest absolute Gasteiger partial charge is 0.771 e. The van der Waals surface area contributed by atoms with Gasteiger partial charge in [0.15, 0.2) is 0 Å². The van der Waals surface area contributed by atoms with Gasteiger partial charge in [-0.25, -0.2) is 9.59 Å². The van der Waals surface area contributed by atoms with Gasteiger partial charge < -0.3 is 19.0 Å². The fraction of sp³-hybridized carbons (Fsp3) is 0.316. The molecule has 1 N–H and O–H groups in total. The van der Waals surface area contributed by atoms with E-state index in [4.69, 9.17) is 9.47 Å². The zero-order valence-corrected chi connectivity index (χ0v) is 16.2. The highest BCUT2D eigenvalue weighted by Crippen LogP contribution is 2.23. The van der Waals surface area contributed by atoms with E-state index in [0.717, 1.165) is 0 Å². The summed E-state index contributed by atoms with van der Waals surface area (Å²) in [5, 5.41) is 0. The lowest BCUT2D eigenvalue weighted by molar-refractivity contribution is -0.160. The third-order valence-electron chi connectivity index (χ3n) is 4.10. The maximum Gasteiger partial charge on any atom is 0.335 e. The summed E-state index contributed by atoms with van der Waals surface area (Å²) in [6, 6.07) is 11.7. The molecule has 2 aromatic rings. The summed E-state index contributed by atoms with van der Waals surface area (Å²) in [6.07, 6.45) is -0.330. The van der Waals surface area contributed by atoms with Crippen LogP contribution in [-0.4, -0.2) is 42.8 Å². The molecule has 1 heterocycles. The number of carbonyl (C=O) groups is 3. The van der Waals surface area contributed by atoms with Gasteiger partial charge in [-0.05, 0) is 36.6 Å². The van der Waals surface area contributed by atoms with Gasteiger partial charge in [0.05, 0.1) is 18.0 Å². The Hall–Kier alpha value is -2.78. The monoisotopic (exact) mass is 406 g/mol. The maximum absolute atomic E-state index is 12.4. The highest BCUT2D eigenvalue weighted by atomic mass is 32.2. The van der Waals surface area contributed by atoms with Gasteiger partial charge in [0.1, 0.15) is 6.61 Å². The van der Waals surface area contributed by atoms with Crippen LogP contribution in [0.2, 0.25) is 0 Å². The fourth-order valence-corrected chi connectivity index (χ4v) is 3.16. The van der Waals surface area contributed by atoms with Crippen LogP contribution in [0.3, 0.4) is 0 Å². The van der Waals surface area contributed by atoms with Crippen LogP contribution >= 0.6 is 0 Å². The molecule has 0 amide bonds. The fourth-order valence-electron chi connectivity index (χ4n) is 2.54. The van der Waals surface area contributed by atoms with Crippen molar-refractivity contribution in [3.05, 3.63) is 59.4 Å². The molecule has 2 atom stereocenters. The van der Waals surface area contributed by atoms with Crippen LogP contribution in [0.5, 0.6) is 0 Å². The lowest BCUT2D eigenvalue weighted by Gasteiger charge is -2.29. The number of carbonyl (C=O) groups excluding carboxylic acids is 3. The number of rotatable bonds is 9. The third-order valence-corrected chi connectivity index (χ3v) is 5.29. The molecule has 2 rings (SSSR count). The van der Waals surface area contributed by atoms with Crippen LogP contribution in [0, 0.1) is 0 Å². The molecule has 150 valence electrons. The van der Waals surface area contributed by atoms with Crippen LogP contribution in [-0.2, 0) is 36.8 Å². The first-order valence-electron chi connectivity index (χ1n) is 8.58. The van der Waals surface area contributed by atoms with Crippen molar-refractivity contribution in [3.8, 4) is 0 Å². The highest BCUT2D eigenvalue weighted by molar-refractivity contribution is 7.82. The SMILES string of the molecule is CCOC(=O)C(CC)(C(=O)OCc1ccc(C(=O)c2ccccc2)[nH]1)S(=O)[O-]. The van der Waals surface area contributed by atoms with Gasteiger partial charge in [-0.3, -0.25) is 9.00 Å². The number of ether oxygens (including phenoxy) is 2. The quantitative estimate of drug-likeness (QED) is 0.292. The van der Waals surface area contributed by atoms with Gasteiger partial charge in [0.2, 0.25) is 10.5 Å². The Kier molecular flexibility index (Phi) is 7.24. The molecule has 28 heavy (non-hydrogen) atoms. The minimum absolute atomic E-state index is 0.0767. The lowest BCUT2D eigenvalue weighted by Crippen LogP contribution is -2.51. The summed E-state index contributed by atoms with van der Waals surface area (Å²) in [6.45, 7) is 2.47. The standard InChI is InChI=1S/C19H21NO7S/c1-3-19(28(24)25,17(22)26-4-2)18(23)27-12-14-10-11-15(20-14)16(21)13-8-6-5-7-9-13/h5-11,20H,3-4,12H2,1-2H3,(H,24,25)/p-1. The van der Waals surface area contributed by atoms with Crippen LogP contribution in [0.1, 0.15) is 42.0 Å². The average Bonchev–Trinajstić information content (AvgIpc) is 3.16. The van der Waals surface area contributed by atoms with Crippen molar-refractivity contribution in [2.45, 2.75) is 31.6 Å². The summed E-state index contributed by atoms with van der Waals surface area (Å²) in [5.74, 6) is -2.65. The van der Waals surface area contributed by atoms with E-state index in [1.165, 1.54) is 26.0 Å². The number of esters is 2. The lowest BCUT2D eigenvalue weighted by atomic mass is 10.1.